The smallest absolute Gasteiger partial charge is 0.239 e. The number of carbonyl (C=O) groups is 2. The Kier molecular flexibility index (Phi) is 6.29. The molecule has 8 heteroatoms. The van der Waals surface area contributed by atoms with Gasteiger partial charge in [0.25, 0.3) is 0 Å². The number of halogens is 1. The van der Waals surface area contributed by atoms with Crippen LogP contribution in [0.25, 0.3) is 11.0 Å². The zero-order valence-electron chi connectivity index (χ0n) is 16.7. The Hall–Kier alpha value is -2.51. The molecule has 0 atom stereocenters. The molecule has 1 N–H and O–H groups in total. The van der Waals surface area contributed by atoms with Gasteiger partial charge in [-0.05, 0) is 36.6 Å². The van der Waals surface area contributed by atoms with Crippen LogP contribution in [0.2, 0.25) is 5.02 Å². The van der Waals surface area contributed by atoms with Gasteiger partial charge in [-0.15, -0.1) is 0 Å². The van der Waals surface area contributed by atoms with Gasteiger partial charge in [0.15, 0.2) is 5.16 Å². The third kappa shape index (κ3) is 5.15. The van der Waals surface area contributed by atoms with Gasteiger partial charge < -0.3 is 14.8 Å². The summed E-state index contributed by atoms with van der Waals surface area (Å²) in [6, 6.07) is 16.0. The Morgan fingerprint density at radius 2 is 2.00 bits per heavy atom. The van der Waals surface area contributed by atoms with Crippen molar-refractivity contribution in [3.63, 3.8) is 0 Å². The average Bonchev–Trinajstić information content (AvgIpc) is 3.47. The minimum atomic E-state index is -0.109. The molecule has 0 radical (unpaired) electrons. The highest BCUT2D eigenvalue weighted by atomic mass is 35.5. The first kappa shape index (κ1) is 20.8. The monoisotopic (exact) mass is 442 g/mol. The third-order valence-electron chi connectivity index (χ3n) is 4.93. The number of aromatic nitrogens is 2. The molecule has 2 amide bonds. The number of nitrogens with one attached hydrogen (secondary N) is 1. The molecular formula is C22H23ClN4O2S. The van der Waals surface area contributed by atoms with E-state index in [4.69, 9.17) is 16.6 Å². The minimum absolute atomic E-state index is 0.0753. The molecule has 1 saturated carbocycles. The summed E-state index contributed by atoms with van der Waals surface area (Å²) in [5.74, 6) is -0.00871. The van der Waals surface area contributed by atoms with Crippen LogP contribution in [-0.2, 0) is 16.1 Å². The van der Waals surface area contributed by atoms with Gasteiger partial charge in [0.1, 0.15) is 0 Å². The average molecular weight is 443 g/mol. The molecule has 1 fully saturated rings. The number of imidazole rings is 1. The fraction of sp³-hybridized carbons (Fsp3) is 0.318. The van der Waals surface area contributed by atoms with Crippen molar-refractivity contribution in [1.29, 1.82) is 0 Å². The van der Waals surface area contributed by atoms with Gasteiger partial charge in [0, 0.05) is 18.1 Å². The van der Waals surface area contributed by atoms with Gasteiger partial charge in [-0.1, -0.05) is 53.7 Å². The predicted molar refractivity (Wildman–Crippen MR) is 120 cm³/mol. The lowest BCUT2D eigenvalue weighted by Gasteiger charge is -2.16. The summed E-state index contributed by atoms with van der Waals surface area (Å²) in [6.45, 7) is 0.723. The van der Waals surface area contributed by atoms with E-state index in [9.17, 15) is 9.59 Å². The van der Waals surface area contributed by atoms with Gasteiger partial charge in [-0.2, -0.15) is 0 Å². The first-order chi connectivity index (χ1) is 14.5. The van der Waals surface area contributed by atoms with E-state index in [0.29, 0.717) is 17.6 Å². The number of hydrogen-bond acceptors (Lipinski definition) is 4. The van der Waals surface area contributed by atoms with E-state index in [1.165, 1.54) is 16.7 Å². The van der Waals surface area contributed by atoms with E-state index in [0.717, 1.165) is 34.6 Å². The zero-order valence-corrected chi connectivity index (χ0v) is 18.2. The van der Waals surface area contributed by atoms with Crippen LogP contribution in [0.15, 0.2) is 53.7 Å². The van der Waals surface area contributed by atoms with Crippen LogP contribution in [0.4, 0.5) is 0 Å². The number of nitrogens with zero attached hydrogens (tertiary/aromatic N) is 3. The van der Waals surface area contributed by atoms with Gasteiger partial charge in [0.2, 0.25) is 11.8 Å². The van der Waals surface area contributed by atoms with E-state index < -0.39 is 0 Å². The normalized spacial score (nSPS) is 13.4. The highest BCUT2D eigenvalue weighted by molar-refractivity contribution is 7.99. The van der Waals surface area contributed by atoms with Crippen molar-refractivity contribution in [1.82, 2.24) is 19.8 Å². The number of hydrogen-bond donors (Lipinski definition) is 1. The van der Waals surface area contributed by atoms with Gasteiger partial charge in [-0.25, -0.2) is 4.98 Å². The summed E-state index contributed by atoms with van der Waals surface area (Å²) < 4.78 is 2.10. The van der Waals surface area contributed by atoms with Crippen LogP contribution in [0.1, 0.15) is 18.4 Å². The number of fused-ring (bicyclic) bond motifs is 1. The second-order valence-electron chi connectivity index (χ2n) is 7.48. The standard InChI is InChI=1S/C22H23ClN4O2S/c1-26(13-20(28)24-17-8-9-17)21(29)14-30-22-25-18-11-16(23)7-10-19(18)27(22)12-15-5-3-2-4-6-15/h2-7,10-11,17H,8-9,12-14H2,1H3,(H,24,28). The molecule has 1 aromatic heterocycles. The van der Waals surface area contributed by atoms with Crippen LogP contribution in [-0.4, -0.2) is 51.7 Å². The maximum absolute atomic E-state index is 12.6. The summed E-state index contributed by atoms with van der Waals surface area (Å²) in [5.41, 5.74) is 2.91. The fourth-order valence-electron chi connectivity index (χ4n) is 3.15. The summed E-state index contributed by atoms with van der Waals surface area (Å²) in [5, 5.41) is 4.28. The maximum atomic E-state index is 12.6. The molecule has 2 aromatic carbocycles. The number of likely N-dealkylation sites (N-methyl/N-ethyl adjacent to an activating group) is 1. The molecule has 4 rings (SSSR count). The molecule has 156 valence electrons. The topological polar surface area (TPSA) is 67.2 Å². The van der Waals surface area contributed by atoms with E-state index >= 15 is 0 Å². The van der Waals surface area contributed by atoms with Gasteiger partial charge in [0.05, 0.1) is 29.9 Å². The zero-order chi connectivity index (χ0) is 21.1. The molecule has 1 heterocycles. The summed E-state index contributed by atoms with van der Waals surface area (Å²) >= 11 is 7.52. The Labute approximate surface area is 184 Å². The molecule has 1 aliphatic rings. The Balaban J connectivity index is 1.47. The minimum Gasteiger partial charge on any atom is -0.352 e. The molecular weight excluding hydrogens is 420 g/mol. The second kappa shape index (κ2) is 9.10. The molecule has 1 aliphatic carbocycles. The van der Waals surface area contributed by atoms with Crippen molar-refractivity contribution in [2.75, 3.05) is 19.3 Å². The van der Waals surface area contributed by atoms with E-state index in [1.807, 2.05) is 36.4 Å². The van der Waals surface area contributed by atoms with Crippen LogP contribution >= 0.6 is 23.4 Å². The van der Waals surface area contributed by atoms with E-state index in [2.05, 4.69) is 22.0 Å². The van der Waals surface area contributed by atoms with E-state index in [-0.39, 0.29) is 24.1 Å². The van der Waals surface area contributed by atoms with Crippen LogP contribution < -0.4 is 5.32 Å². The van der Waals surface area contributed by atoms with Gasteiger partial charge in [-0.3, -0.25) is 9.59 Å². The number of amides is 2. The lowest BCUT2D eigenvalue weighted by Crippen LogP contribution is -2.39. The van der Waals surface area contributed by atoms with Crippen molar-refractivity contribution in [3.8, 4) is 0 Å². The second-order valence-corrected chi connectivity index (χ2v) is 8.86. The molecule has 0 saturated heterocycles. The first-order valence-corrected chi connectivity index (χ1v) is 11.2. The Morgan fingerprint density at radius 3 is 2.73 bits per heavy atom. The van der Waals surface area contributed by atoms with Crippen molar-refractivity contribution in [2.24, 2.45) is 0 Å². The van der Waals surface area contributed by atoms with Crippen molar-refractivity contribution < 1.29 is 9.59 Å². The number of rotatable bonds is 8. The fourth-order valence-corrected chi connectivity index (χ4v) is 4.27. The van der Waals surface area contributed by atoms with Crippen molar-refractivity contribution in [3.05, 3.63) is 59.1 Å². The quantitative estimate of drug-likeness (QED) is 0.541. The van der Waals surface area contributed by atoms with Crippen LogP contribution in [0.5, 0.6) is 0 Å². The molecule has 6 nitrogen and oxygen atoms in total. The Morgan fingerprint density at radius 1 is 1.23 bits per heavy atom. The largest absolute Gasteiger partial charge is 0.352 e. The number of benzene rings is 2. The molecule has 0 unspecified atom stereocenters. The molecule has 30 heavy (non-hydrogen) atoms. The highest BCUT2D eigenvalue weighted by Crippen LogP contribution is 2.27. The van der Waals surface area contributed by atoms with Gasteiger partial charge >= 0.3 is 0 Å². The van der Waals surface area contributed by atoms with Crippen molar-refractivity contribution in [2.45, 2.75) is 30.6 Å². The number of carbonyl (C=O) groups excluding carboxylic acids is 2. The summed E-state index contributed by atoms with van der Waals surface area (Å²) in [4.78, 5) is 30.7. The van der Waals surface area contributed by atoms with Crippen LogP contribution in [0, 0.1) is 0 Å². The lowest BCUT2D eigenvalue weighted by molar-refractivity contribution is -0.132. The maximum Gasteiger partial charge on any atom is 0.239 e. The highest BCUT2D eigenvalue weighted by Gasteiger charge is 2.24. The molecule has 0 aliphatic heterocycles. The SMILES string of the molecule is CN(CC(=O)NC1CC1)C(=O)CSc1nc2cc(Cl)ccc2n1Cc1ccccc1. The molecule has 0 bridgehead atoms. The third-order valence-corrected chi connectivity index (χ3v) is 6.13. The summed E-state index contributed by atoms with van der Waals surface area (Å²) in [6.07, 6.45) is 2.06. The predicted octanol–water partition coefficient (Wildman–Crippen LogP) is 3.57. The first-order valence-electron chi connectivity index (χ1n) is 9.85. The number of thioether (sulfide) groups is 1. The Bertz CT molecular complexity index is 1070. The molecule has 0 spiro atoms. The summed E-state index contributed by atoms with van der Waals surface area (Å²) in [7, 11) is 1.65. The van der Waals surface area contributed by atoms with Crippen LogP contribution in [0.3, 0.4) is 0 Å². The lowest BCUT2D eigenvalue weighted by atomic mass is 10.2. The van der Waals surface area contributed by atoms with E-state index in [1.54, 1.807) is 7.05 Å². The van der Waals surface area contributed by atoms with Crippen molar-refractivity contribution >= 4 is 46.2 Å². The molecule has 3 aromatic rings.